The molecule has 108 valence electrons. The number of aryl methyl sites for hydroxylation is 1. The van der Waals surface area contributed by atoms with Gasteiger partial charge < -0.3 is 14.6 Å². The summed E-state index contributed by atoms with van der Waals surface area (Å²) in [5.41, 5.74) is 0. The fraction of sp³-hybridized carbons (Fsp3) is 0.750. The Bertz CT molecular complexity index is 317. The Hall–Kier alpha value is -0.800. The summed E-state index contributed by atoms with van der Waals surface area (Å²) in [6, 6.07) is 4.60. The molecular weight excluding hydrogens is 236 g/mol. The lowest BCUT2D eigenvalue weighted by Gasteiger charge is -2.26. The minimum Gasteiger partial charge on any atom is -0.469 e. The molecule has 1 saturated heterocycles. The normalized spacial score (nSPS) is 18.6. The summed E-state index contributed by atoms with van der Waals surface area (Å²) in [5, 5.41) is 3.62. The van der Waals surface area contributed by atoms with Gasteiger partial charge in [-0.3, -0.25) is 0 Å². The lowest BCUT2D eigenvalue weighted by atomic mass is 10.1. The van der Waals surface area contributed by atoms with E-state index in [1.807, 2.05) is 6.07 Å². The van der Waals surface area contributed by atoms with Crippen LogP contribution < -0.4 is 5.32 Å². The molecule has 3 heteroatoms. The molecule has 1 atom stereocenters. The SMILES string of the molecule is CC(CCc1ccco1)NCCCN1CCCCC1. The number of hydrogen-bond acceptors (Lipinski definition) is 3. The van der Waals surface area contributed by atoms with E-state index in [0.717, 1.165) is 25.1 Å². The molecule has 0 amide bonds. The van der Waals surface area contributed by atoms with Gasteiger partial charge in [-0.1, -0.05) is 6.42 Å². The highest BCUT2D eigenvalue weighted by Crippen LogP contribution is 2.09. The smallest absolute Gasteiger partial charge is 0.103 e. The van der Waals surface area contributed by atoms with Crippen molar-refractivity contribution in [3.8, 4) is 0 Å². The maximum Gasteiger partial charge on any atom is 0.103 e. The fourth-order valence-corrected chi connectivity index (χ4v) is 2.75. The Morgan fingerprint density at radius 1 is 1.32 bits per heavy atom. The Balaban J connectivity index is 1.48. The highest BCUT2D eigenvalue weighted by atomic mass is 16.3. The van der Waals surface area contributed by atoms with Crippen LogP contribution in [-0.2, 0) is 6.42 Å². The standard InChI is InChI=1S/C16H28N2O/c1-15(8-9-16-7-5-14-19-16)17-10-6-13-18-11-3-2-4-12-18/h5,7,14-15,17H,2-4,6,8-13H2,1H3. The second-order valence-electron chi connectivity index (χ2n) is 5.73. The predicted molar refractivity (Wildman–Crippen MR) is 79.4 cm³/mol. The van der Waals surface area contributed by atoms with Crippen LogP contribution in [0.25, 0.3) is 0 Å². The Morgan fingerprint density at radius 3 is 2.89 bits per heavy atom. The van der Waals surface area contributed by atoms with E-state index in [1.54, 1.807) is 6.26 Å². The zero-order valence-electron chi connectivity index (χ0n) is 12.2. The van der Waals surface area contributed by atoms with E-state index in [4.69, 9.17) is 4.42 Å². The monoisotopic (exact) mass is 264 g/mol. The number of rotatable bonds is 8. The molecule has 1 aromatic rings. The van der Waals surface area contributed by atoms with Crippen LogP contribution in [0.3, 0.4) is 0 Å². The number of nitrogens with one attached hydrogen (secondary N) is 1. The second-order valence-corrected chi connectivity index (χ2v) is 5.73. The molecule has 2 rings (SSSR count). The van der Waals surface area contributed by atoms with Crippen molar-refractivity contribution in [1.29, 1.82) is 0 Å². The molecule has 2 heterocycles. The summed E-state index contributed by atoms with van der Waals surface area (Å²) >= 11 is 0. The lowest BCUT2D eigenvalue weighted by Crippen LogP contribution is -2.34. The van der Waals surface area contributed by atoms with Crippen molar-refractivity contribution < 1.29 is 4.42 Å². The van der Waals surface area contributed by atoms with Gasteiger partial charge in [0.1, 0.15) is 5.76 Å². The lowest BCUT2D eigenvalue weighted by molar-refractivity contribution is 0.225. The van der Waals surface area contributed by atoms with Gasteiger partial charge in [-0.2, -0.15) is 0 Å². The average molecular weight is 264 g/mol. The molecule has 0 aliphatic carbocycles. The maximum absolute atomic E-state index is 5.35. The van der Waals surface area contributed by atoms with Gasteiger partial charge in [-0.25, -0.2) is 0 Å². The molecule has 1 aliphatic rings. The molecule has 1 N–H and O–H groups in total. The summed E-state index contributed by atoms with van der Waals surface area (Å²) in [5.74, 6) is 1.10. The first-order chi connectivity index (χ1) is 9.34. The third-order valence-corrected chi connectivity index (χ3v) is 4.00. The molecule has 19 heavy (non-hydrogen) atoms. The Kier molecular flexibility index (Phi) is 6.45. The van der Waals surface area contributed by atoms with E-state index in [9.17, 15) is 0 Å². The third-order valence-electron chi connectivity index (χ3n) is 4.00. The zero-order chi connectivity index (χ0) is 13.3. The highest BCUT2D eigenvalue weighted by Gasteiger charge is 2.09. The van der Waals surface area contributed by atoms with Crippen LogP contribution in [-0.4, -0.2) is 37.1 Å². The minimum atomic E-state index is 0.575. The molecule has 0 aromatic carbocycles. The number of likely N-dealkylation sites (tertiary alicyclic amines) is 1. The van der Waals surface area contributed by atoms with Gasteiger partial charge in [0.05, 0.1) is 6.26 Å². The number of hydrogen-bond donors (Lipinski definition) is 1. The molecule has 0 bridgehead atoms. The summed E-state index contributed by atoms with van der Waals surface area (Å²) in [6.45, 7) is 7.29. The number of piperidine rings is 1. The van der Waals surface area contributed by atoms with Crippen LogP contribution >= 0.6 is 0 Å². The molecule has 3 nitrogen and oxygen atoms in total. The van der Waals surface area contributed by atoms with Crippen LogP contribution in [0.4, 0.5) is 0 Å². The van der Waals surface area contributed by atoms with Gasteiger partial charge in [0.2, 0.25) is 0 Å². The van der Waals surface area contributed by atoms with Gasteiger partial charge in [-0.05, 0) is 70.9 Å². The maximum atomic E-state index is 5.35. The van der Waals surface area contributed by atoms with Crippen LogP contribution in [0.5, 0.6) is 0 Å². The van der Waals surface area contributed by atoms with E-state index in [1.165, 1.54) is 45.3 Å². The first kappa shape index (κ1) is 14.6. The van der Waals surface area contributed by atoms with E-state index in [2.05, 4.69) is 23.2 Å². The molecule has 0 saturated carbocycles. The largest absolute Gasteiger partial charge is 0.469 e. The topological polar surface area (TPSA) is 28.4 Å². The van der Waals surface area contributed by atoms with Gasteiger partial charge in [-0.15, -0.1) is 0 Å². The van der Waals surface area contributed by atoms with Gasteiger partial charge in [0.25, 0.3) is 0 Å². The Morgan fingerprint density at radius 2 is 2.16 bits per heavy atom. The van der Waals surface area contributed by atoms with Crippen LogP contribution in [0.2, 0.25) is 0 Å². The van der Waals surface area contributed by atoms with Crippen molar-refractivity contribution in [1.82, 2.24) is 10.2 Å². The number of furan rings is 1. The summed E-state index contributed by atoms with van der Waals surface area (Å²) < 4.78 is 5.35. The molecule has 1 unspecified atom stereocenters. The fourth-order valence-electron chi connectivity index (χ4n) is 2.75. The third kappa shape index (κ3) is 5.79. The van der Waals surface area contributed by atoms with E-state index in [0.29, 0.717) is 6.04 Å². The van der Waals surface area contributed by atoms with Gasteiger partial charge in [0.15, 0.2) is 0 Å². The van der Waals surface area contributed by atoms with Crippen molar-refractivity contribution >= 4 is 0 Å². The highest BCUT2D eigenvalue weighted by molar-refractivity contribution is 4.98. The summed E-state index contributed by atoms with van der Waals surface area (Å²) in [7, 11) is 0. The first-order valence-electron chi connectivity index (χ1n) is 7.83. The van der Waals surface area contributed by atoms with Crippen molar-refractivity contribution in [2.45, 2.75) is 51.5 Å². The quantitative estimate of drug-likeness (QED) is 0.732. The molecular formula is C16H28N2O. The zero-order valence-corrected chi connectivity index (χ0v) is 12.2. The molecule has 1 aliphatic heterocycles. The number of nitrogens with zero attached hydrogens (tertiary/aromatic N) is 1. The first-order valence-corrected chi connectivity index (χ1v) is 7.83. The minimum absolute atomic E-state index is 0.575. The van der Waals surface area contributed by atoms with Gasteiger partial charge in [0, 0.05) is 12.5 Å². The second kappa shape index (κ2) is 8.39. The van der Waals surface area contributed by atoms with Crippen LogP contribution in [0, 0.1) is 0 Å². The summed E-state index contributed by atoms with van der Waals surface area (Å²) in [4.78, 5) is 2.61. The predicted octanol–water partition coefficient (Wildman–Crippen LogP) is 3.07. The molecule has 0 radical (unpaired) electrons. The van der Waals surface area contributed by atoms with Crippen molar-refractivity contribution in [2.75, 3.05) is 26.2 Å². The molecule has 0 spiro atoms. The van der Waals surface area contributed by atoms with Crippen LogP contribution in [0.15, 0.2) is 22.8 Å². The Labute approximate surface area is 117 Å². The molecule has 1 aromatic heterocycles. The van der Waals surface area contributed by atoms with Crippen LogP contribution in [0.1, 0.15) is 44.8 Å². The van der Waals surface area contributed by atoms with Crippen molar-refractivity contribution in [2.24, 2.45) is 0 Å². The van der Waals surface area contributed by atoms with Crippen molar-refractivity contribution in [3.05, 3.63) is 24.2 Å². The summed E-state index contributed by atoms with van der Waals surface area (Å²) in [6.07, 6.45) is 9.43. The molecule has 1 fully saturated rings. The van der Waals surface area contributed by atoms with Crippen molar-refractivity contribution in [3.63, 3.8) is 0 Å². The van der Waals surface area contributed by atoms with E-state index < -0.39 is 0 Å². The van der Waals surface area contributed by atoms with E-state index >= 15 is 0 Å². The van der Waals surface area contributed by atoms with E-state index in [-0.39, 0.29) is 0 Å². The average Bonchev–Trinajstić information content (AvgIpc) is 2.96. The van der Waals surface area contributed by atoms with Gasteiger partial charge >= 0.3 is 0 Å².